The fourth-order valence-corrected chi connectivity index (χ4v) is 1.51. The summed E-state index contributed by atoms with van der Waals surface area (Å²) < 4.78 is 11.1. The van der Waals surface area contributed by atoms with Gasteiger partial charge in [0.2, 0.25) is 0 Å². The number of hydrogen-bond donors (Lipinski definition) is 2. The highest BCUT2D eigenvalue weighted by Gasteiger charge is 2.11. The van der Waals surface area contributed by atoms with E-state index in [-0.39, 0.29) is 18.2 Å². The molecule has 0 fully saturated rings. The van der Waals surface area contributed by atoms with Gasteiger partial charge in [-0.3, -0.25) is 4.79 Å². The highest BCUT2D eigenvalue weighted by atomic mass is 35.5. The monoisotopic (exact) mass is 277 g/mol. The minimum Gasteiger partial charge on any atom is -0.394 e. The number of hydrogen-bond acceptors (Lipinski definition) is 6. The number of aliphatic hydroxyl groups excluding tert-OH is 1. The zero-order valence-corrected chi connectivity index (χ0v) is 11.0. The second kappa shape index (κ2) is 7.32. The van der Waals surface area contributed by atoms with Gasteiger partial charge in [0.25, 0.3) is 5.56 Å². The van der Waals surface area contributed by atoms with E-state index in [1.54, 1.807) is 0 Å². The van der Waals surface area contributed by atoms with Gasteiger partial charge in [-0.25, -0.2) is 4.68 Å². The molecule has 1 heterocycles. The Bertz CT molecular complexity index is 434. The van der Waals surface area contributed by atoms with E-state index in [1.807, 2.05) is 0 Å². The largest absolute Gasteiger partial charge is 0.394 e. The van der Waals surface area contributed by atoms with Gasteiger partial charge < -0.3 is 19.9 Å². The van der Waals surface area contributed by atoms with Crippen molar-refractivity contribution < 1.29 is 14.6 Å². The Morgan fingerprint density at radius 3 is 2.78 bits per heavy atom. The second-order valence-electron chi connectivity index (χ2n) is 3.41. The van der Waals surface area contributed by atoms with E-state index in [9.17, 15) is 4.79 Å². The van der Waals surface area contributed by atoms with Crippen molar-refractivity contribution in [1.82, 2.24) is 9.78 Å². The Morgan fingerprint density at radius 2 is 2.22 bits per heavy atom. The maximum absolute atomic E-state index is 11.7. The Kier molecular flexibility index (Phi) is 6.06. The minimum absolute atomic E-state index is 0.0180. The van der Waals surface area contributed by atoms with Crippen molar-refractivity contribution in [3.8, 4) is 0 Å². The third-order valence-electron chi connectivity index (χ3n) is 2.28. The Labute approximate surface area is 109 Å². The topological polar surface area (TPSA) is 85.6 Å². The number of methoxy groups -OCH3 is 2. The van der Waals surface area contributed by atoms with Crippen LogP contribution in [-0.4, -0.2) is 48.5 Å². The van der Waals surface area contributed by atoms with Crippen LogP contribution in [-0.2, 0) is 16.0 Å². The van der Waals surface area contributed by atoms with Crippen LogP contribution >= 0.6 is 11.6 Å². The molecule has 0 unspecified atom stereocenters. The molecule has 0 radical (unpaired) electrons. The third-order valence-corrected chi connectivity index (χ3v) is 2.65. The molecule has 0 aliphatic heterocycles. The molecule has 0 aromatic carbocycles. The lowest BCUT2D eigenvalue weighted by Gasteiger charge is -2.15. The molecule has 0 aliphatic rings. The van der Waals surface area contributed by atoms with Crippen LogP contribution in [0.15, 0.2) is 11.0 Å². The number of nitrogens with one attached hydrogen (secondary N) is 1. The van der Waals surface area contributed by atoms with Crippen LogP contribution < -0.4 is 10.9 Å². The molecule has 0 aliphatic carbocycles. The van der Waals surface area contributed by atoms with E-state index in [0.29, 0.717) is 12.2 Å². The maximum Gasteiger partial charge on any atom is 0.287 e. The van der Waals surface area contributed by atoms with E-state index in [2.05, 4.69) is 10.4 Å². The van der Waals surface area contributed by atoms with Gasteiger partial charge in [0.15, 0.2) is 6.29 Å². The summed E-state index contributed by atoms with van der Waals surface area (Å²) in [6.07, 6.45) is 0.975. The lowest BCUT2D eigenvalue weighted by Crippen LogP contribution is -2.28. The smallest absolute Gasteiger partial charge is 0.287 e. The first-order valence-corrected chi connectivity index (χ1v) is 5.67. The van der Waals surface area contributed by atoms with Crippen LogP contribution in [0.25, 0.3) is 0 Å². The molecule has 0 atom stereocenters. The molecule has 0 spiro atoms. The van der Waals surface area contributed by atoms with Crippen LogP contribution in [0.1, 0.15) is 0 Å². The van der Waals surface area contributed by atoms with Crippen molar-refractivity contribution in [3.63, 3.8) is 0 Å². The fourth-order valence-electron chi connectivity index (χ4n) is 1.30. The predicted molar refractivity (Wildman–Crippen MR) is 66.9 cm³/mol. The lowest BCUT2D eigenvalue weighted by atomic mass is 10.4. The zero-order valence-electron chi connectivity index (χ0n) is 10.2. The van der Waals surface area contributed by atoms with E-state index >= 15 is 0 Å². The van der Waals surface area contributed by atoms with Gasteiger partial charge in [-0.05, 0) is 0 Å². The number of halogens is 1. The van der Waals surface area contributed by atoms with Crippen molar-refractivity contribution >= 4 is 17.3 Å². The summed E-state index contributed by atoms with van der Waals surface area (Å²) in [4.78, 5) is 11.7. The van der Waals surface area contributed by atoms with E-state index in [4.69, 9.17) is 26.2 Å². The lowest BCUT2D eigenvalue weighted by molar-refractivity contribution is -0.0914. The molecule has 1 aromatic heterocycles. The molecule has 18 heavy (non-hydrogen) atoms. The summed E-state index contributed by atoms with van der Waals surface area (Å²) in [6, 6.07) is 0. The van der Waals surface area contributed by atoms with Gasteiger partial charge in [0.05, 0.1) is 31.6 Å². The molecule has 8 heteroatoms. The SMILES string of the molecule is COC(CNc1cnn(CCO)c(=O)c1Cl)OC. The summed E-state index contributed by atoms with van der Waals surface area (Å²) in [5.41, 5.74) is -0.0583. The van der Waals surface area contributed by atoms with Gasteiger partial charge in [-0.15, -0.1) is 0 Å². The van der Waals surface area contributed by atoms with Crippen LogP contribution in [0.4, 0.5) is 5.69 Å². The Balaban J connectivity index is 2.79. The van der Waals surface area contributed by atoms with Crippen molar-refractivity contribution in [1.29, 1.82) is 0 Å². The number of rotatable bonds is 7. The molecular weight excluding hydrogens is 262 g/mol. The van der Waals surface area contributed by atoms with Crippen LogP contribution in [0, 0.1) is 0 Å². The van der Waals surface area contributed by atoms with Crippen LogP contribution in [0.3, 0.4) is 0 Å². The van der Waals surface area contributed by atoms with Crippen molar-refractivity contribution in [2.24, 2.45) is 0 Å². The summed E-state index contributed by atoms with van der Waals surface area (Å²) in [5.74, 6) is 0. The second-order valence-corrected chi connectivity index (χ2v) is 3.78. The molecule has 102 valence electrons. The Morgan fingerprint density at radius 1 is 1.56 bits per heavy atom. The van der Waals surface area contributed by atoms with Crippen LogP contribution in [0.2, 0.25) is 5.02 Å². The molecule has 7 nitrogen and oxygen atoms in total. The number of nitrogens with zero attached hydrogens (tertiary/aromatic N) is 2. The van der Waals surface area contributed by atoms with Gasteiger partial charge in [-0.2, -0.15) is 5.10 Å². The predicted octanol–water partition coefficient (Wildman–Crippen LogP) is -0.0802. The van der Waals surface area contributed by atoms with Gasteiger partial charge in [0, 0.05) is 14.2 Å². The first-order valence-electron chi connectivity index (χ1n) is 5.30. The Hall–Kier alpha value is -1.15. The van der Waals surface area contributed by atoms with Crippen molar-refractivity contribution in [2.75, 3.05) is 32.7 Å². The minimum atomic E-state index is -0.456. The molecular formula is C10H16ClN3O4. The number of aliphatic hydroxyl groups is 1. The number of ether oxygens (including phenoxy) is 2. The highest BCUT2D eigenvalue weighted by molar-refractivity contribution is 6.32. The number of anilines is 1. The molecule has 0 saturated heterocycles. The molecule has 2 N–H and O–H groups in total. The average Bonchev–Trinajstić information content (AvgIpc) is 2.38. The van der Waals surface area contributed by atoms with E-state index < -0.39 is 11.8 Å². The zero-order chi connectivity index (χ0) is 13.5. The van der Waals surface area contributed by atoms with Crippen molar-refractivity contribution in [3.05, 3.63) is 21.6 Å². The fraction of sp³-hybridized carbons (Fsp3) is 0.600. The highest BCUT2D eigenvalue weighted by Crippen LogP contribution is 2.15. The number of aromatic nitrogens is 2. The van der Waals surface area contributed by atoms with Crippen LogP contribution in [0.5, 0.6) is 0 Å². The molecule has 0 amide bonds. The third kappa shape index (κ3) is 3.67. The standard InChI is InChI=1S/C10H16ClN3O4/c1-17-8(18-2)6-12-7-5-13-14(3-4-15)10(16)9(7)11/h5,8,12,15H,3-4,6H2,1-2H3. The van der Waals surface area contributed by atoms with Crippen molar-refractivity contribution in [2.45, 2.75) is 12.8 Å². The van der Waals surface area contributed by atoms with E-state index in [0.717, 1.165) is 4.68 Å². The average molecular weight is 278 g/mol. The summed E-state index contributed by atoms with van der Waals surface area (Å²) in [6.45, 7) is 0.265. The normalized spacial score (nSPS) is 10.9. The summed E-state index contributed by atoms with van der Waals surface area (Å²) in [5, 5.41) is 15.5. The molecule has 1 aromatic rings. The summed E-state index contributed by atoms with van der Waals surface area (Å²) in [7, 11) is 3.02. The first kappa shape index (κ1) is 14.9. The van der Waals surface area contributed by atoms with E-state index in [1.165, 1.54) is 20.4 Å². The summed E-state index contributed by atoms with van der Waals surface area (Å²) >= 11 is 5.90. The first-order chi connectivity index (χ1) is 8.63. The molecule has 1 rings (SSSR count). The molecule has 0 bridgehead atoms. The molecule has 0 saturated carbocycles. The van der Waals surface area contributed by atoms with Gasteiger partial charge in [-0.1, -0.05) is 11.6 Å². The van der Waals surface area contributed by atoms with Gasteiger partial charge >= 0.3 is 0 Å². The quantitative estimate of drug-likeness (QED) is 0.678. The maximum atomic E-state index is 11.7. The van der Waals surface area contributed by atoms with Gasteiger partial charge in [0.1, 0.15) is 5.02 Å².